The fourth-order valence-electron chi connectivity index (χ4n) is 4.29. The lowest BCUT2D eigenvalue weighted by Gasteiger charge is -2.22. The zero-order valence-electron chi connectivity index (χ0n) is 19.9. The molecule has 0 saturated carbocycles. The molecule has 2 N–H and O–H groups in total. The summed E-state index contributed by atoms with van der Waals surface area (Å²) in [4.78, 5) is 42.0. The van der Waals surface area contributed by atoms with Crippen LogP contribution in [0.25, 0.3) is 11.1 Å². The van der Waals surface area contributed by atoms with Crippen molar-refractivity contribution in [1.82, 2.24) is 15.6 Å². The number of fused-ring (bicyclic) bond motifs is 3. The maximum Gasteiger partial charge on any atom is 0.407 e. The van der Waals surface area contributed by atoms with E-state index in [1.807, 2.05) is 36.4 Å². The smallest absolute Gasteiger partial charge is 0.407 e. The SMILES string of the molecule is COC[C@@H](NC(=O)OCC1c2ccccc2-c2ccccc21)C(=O)NC(Cc1cscn1)C(=O)OC. The van der Waals surface area contributed by atoms with Crippen molar-refractivity contribution < 1.29 is 28.6 Å². The number of aromatic nitrogens is 1. The molecule has 0 radical (unpaired) electrons. The Hall–Kier alpha value is -3.76. The number of benzene rings is 2. The minimum absolute atomic E-state index is 0.107. The van der Waals surface area contributed by atoms with Crippen LogP contribution in [0.3, 0.4) is 0 Å². The van der Waals surface area contributed by atoms with E-state index in [0.29, 0.717) is 5.69 Å². The molecule has 36 heavy (non-hydrogen) atoms. The lowest BCUT2D eigenvalue weighted by Crippen LogP contribution is -2.54. The van der Waals surface area contributed by atoms with E-state index in [9.17, 15) is 14.4 Å². The van der Waals surface area contributed by atoms with Gasteiger partial charge < -0.3 is 24.8 Å². The lowest BCUT2D eigenvalue weighted by atomic mass is 9.98. The Kier molecular flexibility index (Phi) is 8.29. The first-order chi connectivity index (χ1) is 17.5. The molecule has 2 atom stereocenters. The molecular weight excluding hydrogens is 482 g/mol. The molecule has 0 spiro atoms. The van der Waals surface area contributed by atoms with Gasteiger partial charge >= 0.3 is 12.1 Å². The predicted octanol–water partition coefficient (Wildman–Crippen LogP) is 2.90. The number of esters is 1. The fraction of sp³-hybridized carbons (Fsp3) is 0.308. The number of methoxy groups -OCH3 is 2. The van der Waals surface area contributed by atoms with Gasteiger partial charge in [-0.3, -0.25) is 4.79 Å². The summed E-state index contributed by atoms with van der Waals surface area (Å²) in [5, 5.41) is 6.95. The second-order valence-electron chi connectivity index (χ2n) is 8.25. The summed E-state index contributed by atoms with van der Waals surface area (Å²) in [6, 6.07) is 14.0. The van der Waals surface area contributed by atoms with Gasteiger partial charge in [0.25, 0.3) is 0 Å². The number of hydrogen-bond acceptors (Lipinski definition) is 8. The summed E-state index contributed by atoms with van der Waals surface area (Å²) in [6.45, 7) is -0.00356. The summed E-state index contributed by atoms with van der Waals surface area (Å²) in [5.41, 5.74) is 6.68. The molecule has 1 aliphatic rings. The first-order valence-electron chi connectivity index (χ1n) is 11.4. The fourth-order valence-corrected chi connectivity index (χ4v) is 4.86. The molecule has 4 rings (SSSR count). The largest absolute Gasteiger partial charge is 0.467 e. The minimum atomic E-state index is -1.08. The number of amides is 2. The molecule has 0 fully saturated rings. The predicted molar refractivity (Wildman–Crippen MR) is 134 cm³/mol. The van der Waals surface area contributed by atoms with Crippen LogP contribution >= 0.6 is 11.3 Å². The van der Waals surface area contributed by atoms with Gasteiger partial charge in [-0.15, -0.1) is 11.3 Å². The monoisotopic (exact) mass is 509 g/mol. The van der Waals surface area contributed by atoms with Crippen LogP contribution < -0.4 is 10.6 Å². The molecular formula is C26H27N3O6S. The average molecular weight is 510 g/mol. The van der Waals surface area contributed by atoms with Crippen molar-refractivity contribution in [2.75, 3.05) is 27.4 Å². The molecule has 0 bridgehead atoms. The van der Waals surface area contributed by atoms with Gasteiger partial charge in [0.05, 0.1) is 24.9 Å². The highest BCUT2D eigenvalue weighted by molar-refractivity contribution is 7.07. The second-order valence-corrected chi connectivity index (χ2v) is 8.96. The van der Waals surface area contributed by atoms with Crippen molar-refractivity contribution in [2.45, 2.75) is 24.4 Å². The van der Waals surface area contributed by atoms with Crippen LogP contribution in [0.1, 0.15) is 22.7 Å². The van der Waals surface area contributed by atoms with E-state index in [0.717, 1.165) is 22.3 Å². The topological polar surface area (TPSA) is 116 Å². The van der Waals surface area contributed by atoms with E-state index in [2.05, 4.69) is 27.8 Å². The maximum absolute atomic E-state index is 12.9. The lowest BCUT2D eigenvalue weighted by molar-refractivity contribution is -0.145. The zero-order valence-corrected chi connectivity index (χ0v) is 20.7. The summed E-state index contributed by atoms with van der Waals surface area (Å²) in [7, 11) is 2.65. The third-order valence-corrected chi connectivity index (χ3v) is 6.62. The number of ether oxygens (including phenoxy) is 3. The first kappa shape index (κ1) is 25.3. The second kappa shape index (κ2) is 11.8. The van der Waals surface area contributed by atoms with Crippen molar-refractivity contribution in [3.63, 3.8) is 0 Å². The highest BCUT2D eigenvalue weighted by Crippen LogP contribution is 2.44. The summed E-state index contributed by atoms with van der Waals surface area (Å²) >= 11 is 1.38. The number of carbonyl (C=O) groups is 3. The standard InChI is InChI=1S/C26H27N3O6S/c1-33-13-23(24(30)28-22(25(31)34-2)11-16-14-36-15-27-16)29-26(32)35-12-21-19-9-5-3-7-17(19)18-8-4-6-10-20(18)21/h3-10,14-15,21-23H,11-13H2,1-2H3,(H,28,30)(H,29,32)/t22?,23-/m1/s1. The Morgan fingerprint density at radius 2 is 1.64 bits per heavy atom. The summed E-state index contributed by atoms with van der Waals surface area (Å²) in [6.07, 6.45) is -0.602. The summed E-state index contributed by atoms with van der Waals surface area (Å²) < 4.78 is 15.5. The van der Waals surface area contributed by atoms with Crippen LogP contribution in [0, 0.1) is 0 Å². The van der Waals surface area contributed by atoms with Crippen LogP contribution in [0.2, 0.25) is 0 Å². The van der Waals surface area contributed by atoms with Crippen molar-refractivity contribution in [2.24, 2.45) is 0 Å². The third kappa shape index (κ3) is 5.72. The Morgan fingerprint density at radius 3 is 2.22 bits per heavy atom. The Bertz CT molecular complexity index is 1170. The van der Waals surface area contributed by atoms with Gasteiger partial charge in [-0.25, -0.2) is 14.6 Å². The van der Waals surface area contributed by atoms with Crippen LogP contribution in [0.5, 0.6) is 0 Å². The normalized spacial score (nSPS) is 13.7. The average Bonchev–Trinajstić information content (AvgIpc) is 3.52. The minimum Gasteiger partial charge on any atom is -0.467 e. The molecule has 2 aromatic carbocycles. The van der Waals surface area contributed by atoms with Crippen LogP contribution in [0.15, 0.2) is 59.4 Å². The van der Waals surface area contributed by atoms with Gasteiger partial charge in [-0.05, 0) is 22.3 Å². The molecule has 2 amide bonds. The number of nitrogens with zero attached hydrogens (tertiary/aromatic N) is 1. The van der Waals surface area contributed by atoms with Crippen molar-refractivity contribution in [1.29, 1.82) is 0 Å². The molecule has 1 aliphatic carbocycles. The van der Waals surface area contributed by atoms with Gasteiger partial charge in [0.2, 0.25) is 5.91 Å². The zero-order chi connectivity index (χ0) is 25.5. The molecule has 3 aromatic rings. The Labute approximate surface area is 212 Å². The van der Waals surface area contributed by atoms with E-state index >= 15 is 0 Å². The van der Waals surface area contributed by atoms with Crippen molar-refractivity contribution >= 4 is 29.3 Å². The molecule has 0 saturated heterocycles. The van der Waals surface area contributed by atoms with Crippen LogP contribution in [-0.4, -0.2) is 62.5 Å². The van der Waals surface area contributed by atoms with Gasteiger partial charge in [-0.1, -0.05) is 48.5 Å². The van der Waals surface area contributed by atoms with Crippen LogP contribution in [-0.2, 0) is 30.2 Å². The summed E-state index contributed by atoms with van der Waals surface area (Å²) in [5.74, 6) is -1.33. The Balaban J connectivity index is 1.39. The molecule has 10 heteroatoms. The molecule has 9 nitrogen and oxygen atoms in total. The number of rotatable bonds is 10. The molecule has 1 aromatic heterocycles. The first-order valence-corrected chi connectivity index (χ1v) is 12.3. The molecule has 188 valence electrons. The van der Waals surface area contributed by atoms with E-state index in [-0.39, 0.29) is 25.6 Å². The third-order valence-electron chi connectivity index (χ3n) is 5.98. The number of carbonyl (C=O) groups excluding carboxylic acids is 3. The van der Waals surface area contributed by atoms with Gasteiger partial charge in [0.1, 0.15) is 18.7 Å². The highest BCUT2D eigenvalue weighted by Gasteiger charge is 2.31. The van der Waals surface area contributed by atoms with Gasteiger partial charge in [-0.2, -0.15) is 0 Å². The van der Waals surface area contributed by atoms with Crippen molar-refractivity contribution in [3.05, 3.63) is 76.2 Å². The van der Waals surface area contributed by atoms with E-state index < -0.39 is 30.1 Å². The number of nitrogens with one attached hydrogen (secondary N) is 2. The maximum atomic E-state index is 12.9. The number of hydrogen-bond donors (Lipinski definition) is 2. The van der Waals surface area contributed by atoms with E-state index in [4.69, 9.17) is 14.2 Å². The molecule has 0 aliphatic heterocycles. The molecule has 1 unspecified atom stereocenters. The Morgan fingerprint density at radius 1 is 0.972 bits per heavy atom. The van der Waals surface area contributed by atoms with Gasteiger partial charge in [0, 0.05) is 24.8 Å². The van der Waals surface area contributed by atoms with E-state index in [1.54, 1.807) is 10.9 Å². The molecule has 1 heterocycles. The van der Waals surface area contributed by atoms with Gasteiger partial charge in [0.15, 0.2) is 0 Å². The van der Waals surface area contributed by atoms with E-state index in [1.165, 1.54) is 25.6 Å². The highest BCUT2D eigenvalue weighted by atomic mass is 32.1. The van der Waals surface area contributed by atoms with Crippen molar-refractivity contribution in [3.8, 4) is 11.1 Å². The number of thiazole rings is 1. The van der Waals surface area contributed by atoms with Crippen LogP contribution in [0.4, 0.5) is 4.79 Å². The quantitative estimate of drug-likeness (QED) is 0.404. The number of alkyl carbamates (subject to hydrolysis) is 1.